The summed E-state index contributed by atoms with van der Waals surface area (Å²) in [5.74, 6) is 0.0467. The summed E-state index contributed by atoms with van der Waals surface area (Å²) in [7, 11) is -1.71. The highest BCUT2D eigenvalue weighted by Gasteiger charge is 2.37. The molecule has 2 aromatic rings. The molecule has 0 bridgehead atoms. The van der Waals surface area contributed by atoms with Crippen LogP contribution in [0.1, 0.15) is 44.2 Å². The number of rotatable bonds is 43. The van der Waals surface area contributed by atoms with Gasteiger partial charge in [-0.15, -0.1) is 0 Å². The first-order chi connectivity index (χ1) is 31.7. The van der Waals surface area contributed by atoms with Gasteiger partial charge in [0.1, 0.15) is 6.61 Å². The minimum atomic E-state index is -1.71. The van der Waals surface area contributed by atoms with Gasteiger partial charge in [0.2, 0.25) is 0 Å². The smallest absolute Gasteiger partial charge is 0.407 e. The average Bonchev–Trinajstić information content (AvgIpc) is 3.61. The molecular formula is C48H81NO15Si. The number of carbonyl (C=O) groups excluding carboxylic acids is 1. The Kier molecular flexibility index (Phi) is 31.8. The van der Waals surface area contributed by atoms with Crippen LogP contribution in [-0.4, -0.2) is 193 Å². The Morgan fingerprint density at radius 2 is 0.754 bits per heavy atom. The number of carbonyl (C=O) groups is 1. The molecule has 1 aliphatic rings. The van der Waals surface area contributed by atoms with E-state index in [1.165, 1.54) is 22.3 Å². The molecule has 0 radical (unpaired) electrons. The number of fused-ring (bicyclic) bond motifs is 3. The van der Waals surface area contributed by atoms with Crippen LogP contribution in [-0.2, 0) is 66.0 Å². The third-order valence-electron chi connectivity index (χ3n) is 10.7. The molecule has 0 spiro atoms. The van der Waals surface area contributed by atoms with E-state index in [4.69, 9.17) is 66.0 Å². The molecule has 65 heavy (non-hydrogen) atoms. The van der Waals surface area contributed by atoms with Crippen LogP contribution in [0.2, 0.25) is 18.1 Å². The van der Waals surface area contributed by atoms with Gasteiger partial charge in [0.15, 0.2) is 8.32 Å². The number of ether oxygens (including phenoxy) is 13. The van der Waals surface area contributed by atoms with Crippen LogP contribution in [0, 0.1) is 0 Å². The number of nitrogens with one attached hydrogen (secondary N) is 1. The summed E-state index contributed by atoms with van der Waals surface area (Å²) in [5, 5.41) is 3.02. The van der Waals surface area contributed by atoms with Crippen molar-refractivity contribution in [3.05, 3.63) is 59.7 Å². The molecule has 0 saturated carbocycles. The summed E-state index contributed by atoms with van der Waals surface area (Å²) in [5.41, 5.74) is 4.80. The van der Waals surface area contributed by atoms with E-state index in [1.54, 1.807) is 0 Å². The summed E-state index contributed by atoms with van der Waals surface area (Å²) in [6, 6.07) is 16.6. The Morgan fingerprint density at radius 3 is 1.08 bits per heavy atom. The van der Waals surface area contributed by atoms with Gasteiger partial charge in [-0.2, -0.15) is 0 Å². The van der Waals surface area contributed by atoms with Crippen molar-refractivity contribution < 1.29 is 70.8 Å². The van der Waals surface area contributed by atoms with E-state index in [2.05, 4.69) is 63.4 Å². The Labute approximate surface area is 389 Å². The second-order valence-electron chi connectivity index (χ2n) is 16.6. The molecule has 17 heteroatoms. The summed E-state index contributed by atoms with van der Waals surface area (Å²) in [6.07, 6.45) is 0.266. The first kappa shape index (κ1) is 56.7. The first-order valence-electron chi connectivity index (χ1n) is 23.4. The Morgan fingerprint density at radius 1 is 0.462 bits per heavy atom. The maximum atomic E-state index is 12.3. The zero-order chi connectivity index (χ0) is 46.5. The van der Waals surface area contributed by atoms with E-state index < -0.39 is 14.4 Å². The van der Waals surface area contributed by atoms with E-state index in [0.717, 1.165) is 0 Å². The summed E-state index contributed by atoms with van der Waals surface area (Å²) >= 11 is 0. The molecule has 0 unspecified atom stereocenters. The van der Waals surface area contributed by atoms with Gasteiger partial charge in [-0.1, -0.05) is 69.3 Å². The lowest BCUT2D eigenvalue weighted by Gasteiger charge is -2.36. The molecule has 16 nitrogen and oxygen atoms in total. The van der Waals surface area contributed by atoms with E-state index in [0.29, 0.717) is 185 Å². The van der Waals surface area contributed by atoms with Crippen molar-refractivity contribution in [3.63, 3.8) is 0 Å². The quantitative estimate of drug-likeness (QED) is 0.0597. The summed E-state index contributed by atoms with van der Waals surface area (Å²) < 4.78 is 78.1. The topological polar surface area (TPSA) is 158 Å². The Bertz CT molecular complexity index is 1420. The van der Waals surface area contributed by atoms with Crippen LogP contribution in [0.3, 0.4) is 0 Å². The highest BCUT2D eigenvalue weighted by Crippen LogP contribution is 2.44. The lowest BCUT2D eigenvalue weighted by molar-refractivity contribution is -0.0285. The van der Waals surface area contributed by atoms with Gasteiger partial charge < -0.3 is 71.3 Å². The second-order valence-corrected chi connectivity index (χ2v) is 21.4. The van der Waals surface area contributed by atoms with Crippen LogP contribution in [0.4, 0.5) is 4.79 Å². The summed E-state index contributed by atoms with van der Waals surface area (Å²) in [6.45, 7) is 24.7. The largest absolute Gasteiger partial charge is 0.449 e. The van der Waals surface area contributed by atoms with Gasteiger partial charge in [-0.05, 0) is 46.8 Å². The normalized spacial score (nSPS) is 12.8. The molecule has 0 atom stereocenters. The van der Waals surface area contributed by atoms with Gasteiger partial charge >= 0.3 is 6.09 Å². The third-order valence-corrected chi connectivity index (χ3v) is 15.2. The minimum Gasteiger partial charge on any atom is -0.449 e. The predicted molar refractivity (Wildman–Crippen MR) is 251 cm³/mol. The average molecular weight is 940 g/mol. The van der Waals surface area contributed by atoms with Crippen LogP contribution in [0.5, 0.6) is 0 Å². The van der Waals surface area contributed by atoms with Crippen molar-refractivity contribution in [2.24, 2.45) is 0 Å². The molecule has 0 aliphatic heterocycles. The van der Waals surface area contributed by atoms with Crippen molar-refractivity contribution in [1.82, 2.24) is 5.32 Å². The lowest BCUT2D eigenvalue weighted by Crippen LogP contribution is -2.41. The number of alkyl carbamates (subject to hydrolysis) is 1. The van der Waals surface area contributed by atoms with Crippen molar-refractivity contribution in [3.8, 4) is 11.1 Å². The first-order valence-corrected chi connectivity index (χ1v) is 26.3. The van der Waals surface area contributed by atoms with Crippen LogP contribution < -0.4 is 5.32 Å². The second kappa shape index (κ2) is 36.4. The van der Waals surface area contributed by atoms with Crippen molar-refractivity contribution in [2.45, 2.75) is 51.2 Å². The predicted octanol–water partition coefficient (Wildman–Crippen LogP) is 6.14. The van der Waals surface area contributed by atoms with Gasteiger partial charge in [0.05, 0.1) is 159 Å². The fourth-order valence-corrected chi connectivity index (χ4v) is 7.13. The third kappa shape index (κ3) is 26.5. The lowest BCUT2D eigenvalue weighted by atomic mass is 9.98. The fourth-order valence-electron chi connectivity index (χ4n) is 6.11. The molecule has 372 valence electrons. The number of hydrogen-bond acceptors (Lipinski definition) is 15. The SMILES string of the molecule is CC(C)(C)[Si](C)(C)OCCOCCOCCOCCOCCOCCOCCOCCOCCOCCOCCOCCOCCCNC(=O)OCC1c2ccccc2-c2ccccc21. The number of amides is 1. The Balaban J connectivity index is 0.913. The van der Waals surface area contributed by atoms with E-state index >= 15 is 0 Å². The zero-order valence-corrected chi connectivity index (χ0v) is 41.1. The molecule has 0 heterocycles. The minimum absolute atomic E-state index is 0.0467. The maximum absolute atomic E-state index is 12.3. The zero-order valence-electron chi connectivity index (χ0n) is 40.1. The monoisotopic (exact) mass is 940 g/mol. The molecule has 0 fully saturated rings. The van der Waals surface area contributed by atoms with Gasteiger partial charge in [-0.3, -0.25) is 0 Å². The van der Waals surface area contributed by atoms with E-state index in [9.17, 15) is 4.79 Å². The summed E-state index contributed by atoms with van der Waals surface area (Å²) in [4.78, 5) is 12.3. The number of benzene rings is 2. The van der Waals surface area contributed by atoms with Gasteiger partial charge in [0.25, 0.3) is 0 Å². The highest BCUT2D eigenvalue weighted by atomic mass is 28.4. The fraction of sp³-hybridized carbons (Fsp3) is 0.729. The van der Waals surface area contributed by atoms with Crippen LogP contribution in [0.25, 0.3) is 11.1 Å². The molecule has 1 aliphatic carbocycles. The Hall–Kier alpha value is -2.59. The number of hydrogen-bond donors (Lipinski definition) is 1. The van der Waals surface area contributed by atoms with Crippen molar-refractivity contribution in [1.29, 1.82) is 0 Å². The van der Waals surface area contributed by atoms with Crippen LogP contribution in [0.15, 0.2) is 48.5 Å². The van der Waals surface area contributed by atoms with Gasteiger partial charge in [0, 0.05) is 19.1 Å². The molecule has 2 aromatic carbocycles. The van der Waals surface area contributed by atoms with Crippen molar-refractivity contribution >= 4 is 14.4 Å². The molecule has 1 N–H and O–H groups in total. The molecule has 0 aromatic heterocycles. The maximum Gasteiger partial charge on any atom is 0.407 e. The molecule has 0 saturated heterocycles. The van der Waals surface area contributed by atoms with Crippen LogP contribution >= 0.6 is 0 Å². The molecule has 1 amide bonds. The van der Waals surface area contributed by atoms with Crippen molar-refractivity contribution in [2.75, 3.05) is 178 Å². The van der Waals surface area contributed by atoms with Gasteiger partial charge in [-0.25, -0.2) is 4.79 Å². The highest BCUT2D eigenvalue weighted by molar-refractivity contribution is 6.74. The standard InChI is InChI=1S/C48H81NO15Si/c1-48(2,3)65(4,5)64-40-39-62-38-37-61-36-35-60-34-33-59-32-31-58-30-29-57-28-27-56-26-25-55-24-23-54-22-21-53-20-19-52-18-17-51-16-10-15-49-47(50)63-41-46-44-13-8-6-11-42(44)43-12-7-9-14-45(43)46/h6-9,11-14,46H,10,15-41H2,1-5H3,(H,49,50). The molecule has 3 rings (SSSR count). The molecular weight excluding hydrogens is 859 g/mol. The van der Waals surface area contributed by atoms with E-state index in [1.807, 2.05) is 24.3 Å². The van der Waals surface area contributed by atoms with E-state index in [-0.39, 0.29) is 11.0 Å².